The molecule has 6 atom stereocenters. The Bertz CT molecular complexity index is 978. The second-order valence-electron chi connectivity index (χ2n) is 14.3. The summed E-state index contributed by atoms with van der Waals surface area (Å²) < 4.78 is 53.8. The van der Waals surface area contributed by atoms with Crippen molar-refractivity contribution >= 4 is 22.1 Å². The molecule has 0 aromatic heterocycles. The minimum absolute atomic E-state index is 0.171. The van der Waals surface area contributed by atoms with E-state index in [4.69, 9.17) is 18.9 Å². The number of rotatable bonds is 33. The van der Waals surface area contributed by atoms with Crippen molar-refractivity contribution in [2.24, 2.45) is 0 Å². The van der Waals surface area contributed by atoms with Gasteiger partial charge < -0.3 is 34.3 Å². The normalized spacial score (nSPS) is 21.4. The average Bonchev–Trinajstić information content (AvgIpc) is 3.09. The number of ether oxygens (including phenoxy) is 4. The Morgan fingerprint density at radius 2 is 1.00 bits per heavy atom. The van der Waals surface area contributed by atoms with E-state index < -0.39 is 71.2 Å². The van der Waals surface area contributed by atoms with E-state index in [1.165, 1.54) is 96.3 Å². The van der Waals surface area contributed by atoms with E-state index in [2.05, 4.69) is 13.8 Å². The summed E-state index contributed by atoms with van der Waals surface area (Å²) in [5.74, 6) is -1.97. The van der Waals surface area contributed by atoms with Crippen LogP contribution in [0.25, 0.3) is 0 Å². The van der Waals surface area contributed by atoms with Gasteiger partial charge in [0.2, 0.25) is 0 Å². The number of carbonyl (C=O) groups excluding carboxylic acids is 2. The van der Waals surface area contributed by atoms with Crippen LogP contribution in [0.4, 0.5) is 0 Å². The predicted molar refractivity (Wildman–Crippen MR) is 197 cm³/mol. The Labute approximate surface area is 308 Å². The van der Waals surface area contributed by atoms with E-state index in [0.717, 1.165) is 38.5 Å². The molecule has 0 bridgehead atoms. The molecule has 51 heavy (non-hydrogen) atoms. The first-order chi connectivity index (χ1) is 24.5. The maximum atomic E-state index is 12.7. The predicted octanol–water partition coefficient (Wildman–Crippen LogP) is 6.95. The number of hydrogen-bond donors (Lipinski definition) is 4. The lowest BCUT2D eigenvalue weighted by atomic mass is 10.00. The number of esters is 2. The molecule has 302 valence electrons. The van der Waals surface area contributed by atoms with Gasteiger partial charge in [-0.1, -0.05) is 149 Å². The number of hydrogen-bond acceptors (Lipinski definition) is 11. The molecule has 1 aliphatic rings. The maximum Gasteiger partial charge on any atom is 0.306 e. The van der Waals surface area contributed by atoms with E-state index in [9.17, 15) is 37.9 Å². The van der Waals surface area contributed by atoms with Crippen LogP contribution in [0.3, 0.4) is 0 Å². The van der Waals surface area contributed by atoms with Gasteiger partial charge in [-0.2, -0.15) is 8.42 Å². The highest BCUT2D eigenvalue weighted by atomic mass is 32.2. The van der Waals surface area contributed by atoms with Crippen molar-refractivity contribution in [3.05, 3.63) is 0 Å². The van der Waals surface area contributed by atoms with Crippen molar-refractivity contribution in [3.63, 3.8) is 0 Å². The van der Waals surface area contributed by atoms with Crippen LogP contribution >= 0.6 is 0 Å². The maximum absolute atomic E-state index is 12.7. The summed E-state index contributed by atoms with van der Waals surface area (Å²) in [6.07, 6.45) is 17.3. The molecule has 1 fully saturated rings. The highest BCUT2D eigenvalue weighted by Gasteiger charge is 2.46. The summed E-state index contributed by atoms with van der Waals surface area (Å²) >= 11 is 0. The standard InChI is InChI=1S/C38H72O12S/c1-3-5-7-9-11-13-15-17-19-21-23-25-27-34(40)49-31(28-47-33(39)26-24-22-20-18-16-14-12-10-8-6-4-2)29-48-38-37(43)36(42)35(41)32(50-38)30-51(44,45)46/h31-32,35-38,41-43H,3-30H2,1-2H3,(H,44,45,46)/t31-,32-,35-,36?,37?,38+/m1/s1. The Hall–Kier alpha value is -1.35. The SMILES string of the molecule is CCCCCCCCCCCCCCC(=O)O[C@H](COC(=O)CCCCCCCCCCCCC)CO[C@H]1O[C@H](CS(=O)(=O)O)[C@@H](O)C(O)C1O. The molecule has 2 unspecified atom stereocenters. The number of aliphatic hydroxyl groups is 3. The monoisotopic (exact) mass is 752 g/mol. The first-order valence-corrected chi connectivity index (χ1v) is 21.7. The van der Waals surface area contributed by atoms with Gasteiger partial charge in [0.25, 0.3) is 10.1 Å². The first kappa shape index (κ1) is 47.7. The summed E-state index contributed by atoms with van der Waals surface area (Å²) in [5, 5.41) is 30.7. The molecule has 12 nitrogen and oxygen atoms in total. The van der Waals surface area contributed by atoms with E-state index in [1.54, 1.807) is 0 Å². The lowest BCUT2D eigenvalue weighted by Gasteiger charge is -2.40. The van der Waals surface area contributed by atoms with Crippen molar-refractivity contribution in [1.82, 2.24) is 0 Å². The fourth-order valence-corrected chi connectivity index (χ4v) is 6.96. The van der Waals surface area contributed by atoms with Crippen LogP contribution in [0, 0.1) is 0 Å². The van der Waals surface area contributed by atoms with Crippen molar-refractivity contribution in [2.75, 3.05) is 19.0 Å². The Kier molecular flexibility index (Phi) is 28.1. The topological polar surface area (TPSA) is 186 Å². The van der Waals surface area contributed by atoms with E-state index in [0.29, 0.717) is 12.8 Å². The van der Waals surface area contributed by atoms with Crippen LogP contribution in [0.15, 0.2) is 0 Å². The fourth-order valence-electron chi connectivity index (χ4n) is 6.26. The summed E-state index contributed by atoms with van der Waals surface area (Å²) in [6, 6.07) is 0. The molecule has 0 spiro atoms. The first-order valence-electron chi connectivity index (χ1n) is 20.1. The summed E-state index contributed by atoms with van der Waals surface area (Å²) in [7, 11) is -4.59. The molecular weight excluding hydrogens is 680 g/mol. The van der Waals surface area contributed by atoms with Gasteiger partial charge in [-0.15, -0.1) is 0 Å². The summed E-state index contributed by atoms with van der Waals surface area (Å²) in [4.78, 5) is 25.2. The molecule has 13 heteroatoms. The van der Waals surface area contributed by atoms with Crippen LogP contribution < -0.4 is 0 Å². The second-order valence-corrected chi connectivity index (χ2v) is 15.8. The van der Waals surface area contributed by atoms with Crippen molar-refractivity contribution in [2.45, 2.75) is 211 Å². The van der Waals surface area contributed by atoms with Crippen LogP contribution in [-0.2, 0) is 38.7 Å². The molecule has 4 N–H and O–H groups in total. The van der Waals surface area contributed by atoms with Gasteiger partial charge in [0.05, 0.1) is 6.61 Å². The third-order valence-electron chi connectivity index (χ3n) is 9.44. The van der Waals surface area contributed by atoms with Gasteiger partial charge >= 0.3 is 11.9 Å². The van der Waals surface area contributed by atoms with Crippen LogP contribution in [0.5, 0.6) is 0 Å². The molecule has 1 heterocycles. The van der Waals surface area contributed by atoms with Crippen molar-refractivity contribution in [1.29, 1.82) is 0 Å². The molecule has 0 amide bonds. The minimum atomic E-state index is -4.59. The zero-order valence-electron chi connectivity index (χ0n) is 31.7. The quantitative estimate of drug-likeness (QED) is 0.0308. The number of unbranched alkanes of at least 4 members (excludes halogenated alkanes) is 21. The largest absolute Gasteiger partial charge is 0.462 e. The zero-order chi connectivity index (χ0) is 37.7. The van der Waals surface area contributed by atoms with Gasteiger partial charge in [0.1, 0.15) is 36.8 Å². The molecule has 0 aromatic carbocycles. The molecule has 1 aliphatic heterocycles. The van der Waals surface area contributed by atoms with Gasteiger partial charge in [0.15, 0.2) is 12.4 Å². The Morgan fingerprint density at radius 1 is 0.588 bits per heavy atom. The lowest BCUT2D eigenvalue weighted by Crippen LogP contribution is -2.60. The van der Waals surface area contributed by atoms with Gasteiger partial charge in [-0.3, -0.25) is 14.1 Å². The highest BCUT2D eigenvalue weighted by Crippen LogP contribution is 2.24. The van der Waals surface area contributed by atoms with Crippen molar-refractivity contribution in [3.8, 4) is 0 Å². The highest BCUT2D eigenvalue weighted by molar-refractivity contribution is 7.85. The molecular formula is C38H72O12S. The van der Waals surface area contributed by atoms with Crippen LogP contribution in [-0.4, -0.2) is 96.0 Å². The summed E-state index contributed by atoms with van der Waals surface area (Å²) in [5.41, 5.74) is 0. The molecule has 1 rings (SSSR count). The van der Waals surface area contributed by atoms with E-state index in [-0.39, 0.29) is 19.4 Å². The molecule has 0 saturated carbocycles. The number of carbonyl (C=O) groups is 2. The van der Waals surface area contributed by atoms with Gasteiger partial charge in [-0.25, -0.2) is 0 Å². The molecule has 0 aliphatic carbocycles. The van der Waals surface area contributed by atoms with E-state index >= 15 is 0 Å². The van der Waals surface area contributed by atoms with Crippen molar-refractivity contribution < 1.29 is 56.8 Å². The van der Waals surface area contributed by atoms with E-state index in [1.807, 2.05) is 0 Å². The Balaban J connectivity index is 2.51. The smallest absolute Gasteiger partial charge is 0.306 e. The number of aliphatic hydroxyl groups excluding tert-OH is 3. The van der Waals surface area contributed by atoms with Gasteiger partial charge in [-0.05, 0) is 12.8 Å². The zero-order valence-corrected chi connectivity index (χ0v) is 32.5. The second kappa shape index (κ2) is 30.0. The van der Waals surface area contributed by atoms with Crippen LogP contribution in [0.1, 0.15) is 174 Å². The third kappa shape index (κ3) is 25.3. The lowest BCUT2D eigenvalue weighted by molar-refractivity contribution is -0.297. The minimum Gasteiger partial charge on any atom is -0.462 e. The fraction of sp³-hybridized carbons (Fsp3) is 0.947. The van der Waals surface area contributed by atoms with Gasteiger partial charge in [0, 0.05) is 12.8 Å². The average molecular weight is 753 g/mol. The molecule has 0 aromatic rings. The summed E-state index contributed by atoms with van der Waals surface area (Å²) in [6.45, 7) is 3.73. The van der Waals surface area contributed by atoms with Crippen LogP contribution in [0.2, 0.25) is 0 Å². The molecule has 1 saturated heterocycles. The third-order valence-corrected chi connectivity index (χ3v) is 10.2. The molecule has 0 radical (unpaired) electrons. The Morgan fingerprint density at radius 3 is 1.43 bits per heavy atom.